The van der Waals surface area contributed by atoms with Crippen molar-refractivity contribution in [3.63, 3.8) is 0 Å². The molecule has 0 bridgehead atoms. The fourth-order valence-corrected chi connectivity index (χ4v) is 7.21. The molecule has 44 heavy (non-hydrogen) atoms. The highest BCUT2D eigenvalue weighted by Gasteiger charge is 2.40. The van der Waals surface area contributed by atoms with Gasteiger partial charge < -0.3 is 14.7 Å². The van der Waals surface area contributed by atoms with Gasteiger partial charge in [-0.3, -0.25) is 19.8 Å². The van der Waals surface area contributed by atoms with Crippen LogP contribution in [0.15, 0.2) is 53.4 Å². The number of benzene rings is 3. The third kappa shape index (κ3) is 6.00. The number of hydrogen-bond donors (Lipinski definition) is 2. The molecule has 3 aromatic rings. The first-order valence-electron chi connectivity index (χ1n) is 14.3. The fraction of sp³-hybridized carbons (Fsp3) is 0.344. The quantitative estimate of drug-likeness (QED) is 0.358. The summed E-state index contributed by atoms with van der Waals surface area (Å²) in [5.41, 5.74) is 1.63. The topological polar surface area (TPSA) is 106 Å². The second kappa shape index (κ2) is 12.5. The van der Waals surface area contributed by atoms with Gasteiger partial charge in [0.2, 0.25) is 11.8 Å². The Hall–Kier alpha value is -4.05. The number of aliphatic hydroxyl groups excluding tert-OH is 1. The third-order valence-electron chi connectivity index (χ3n) is 8.36. The molecule has 228 valence electrons. The maximum Gasteiger partial charge on any atom is 0.244 e. The number of halogens is 3. The molecule has 3 aromatic carbocycles. The molecule has 12 heteroatoms. The van der Waals surface area contributed by atoms with Gasteiger partial charge in [-0.25, -0.2) is 13.2 Å². The van der Waals surface area contributed by atoms with Crippen molar-refractivity contribution in [1.29, 1.82) is 5.26 Å². The number of aliphatic hydroxyl groups is 1. The molecule has 2 atom stereocenters. The molecule has 0 spiro atoms. The molecular weight excluding hydrogens is 593 g/mol. The number of carbonyl (C=O) groups excluding carboxylic acids is 2. The van der Waals surface area contributed by atoms with Gasteiger partial charge in [-0.1, -0.05) is 12.1 Å². The summed E-state index contributed by atoms with van der Waals surface area (Å²) in [5.74, 6) is -2.38. The number of thioether (sulfide) groups is 1. The minimum Gasteiger partial charge on any atom is -0.488 e. The molecule has 0 aromatic heterocycles. The van der Waals surface area contributed by atoms with E-state index in [1.165, 1.54) is 30.0 Å². The normalized spacial score (nSPS) is 20.8. The van der Waals surface area contributed by atoms with Gasteiger partial charge in [0.15, 0.2) is 0 Å². The summed E-state index contributed by atoms with van der Waals surface area (Å²) in [6, 6.07) is 13.3. The molecule has 2 N–H and O–H groups in total. The smallest absolute Gasteiger partial charge is 0.244 e. The van der Waals surface area contributed by atoms with Crippen molar-refractivity contribution in [3.8, 4) is 11.8 Å². The average molecular weight is 623 g/mol. The number of hydrogen-bond acceptors (Lipinski definition) is 8. The van der Waals surface area contributed by atoms with Gasteiger partial charge in [-0.15, -0.1) is 11.8 Å². The van der Waals surface area contributed by atoms with Crippen LogP contribution in [0, 0.1) is 28.8 Å². The zero-order valence-electron chi connectivity index (χ0n) is 23.6. The summed E-state index contributed by atoms with van der Waals surface area (Å²) in [7, 11) is 0. The highest BCUT2D eigenvalue weighted by molar-refractivity contribution is 8.00. The zero-order valence-corrected chi connectivity index (χ0v) is 24.4. The van der Waals surface area contributed by atoms with E-state index in [1.807, 2.05) is 11.0 Å². The number of fused-ring (bicyclic) bond motifs is 1. The molecule has 3 heterocycles. The predicted molar refractivity (Wildman–Crippen MR) is 156 cm³/mol. The van der Waals surface area contributed by atoms with Crippen LogP contribution in [0.2, 0.25) is 0 Å². The number of ether oxygens (including phenoxy) is 1. The highest BCUT2D eigenvalue weighted by Crippen LogP contribution is 2.40. The molecule has 2 fully saturated rings. The molecule has 3 aliphatic rings. The first-order valence-corrected chi connectivity index (χ1v) is 15.2. The van der Waals surface area contributed by atoms with E-state index in [0.29, 0.717) is 53.4 Å². The number of imide groups is 1. The Morgan fingerprint density at radius 3 is 2.45 bits per heavy atom. The SMILES string of the molecule is N#Cc1ccc(N2CCC(Sc3cc(F)c(COc4cccc5c4CN(C4CCC(=O)NC4=O)C5O)c(F)c3)CC2)c(F)c1. The second-order valence-corrected chi connectivity index (χ2v) is 12.4. The third-order valence-corrected chi connectivity index (χ3v) is 9.67. The van der Waals surface area contributed by atoms with Gasteiger partial charge in [0, 0.05) is 47.3 Å². The van der Waals surface area contributed by atoms with Crippen LogP contribution in [-0.4, -0.2) is 46.2 Å². The summed E-state index contributed by atoms with van der Waals surface area (Å²) in [6.07, 6.45) is 0.751. The van der Waals surface area contributed by atoms with E-state index in [9.17, 15) is 19.1 Å². The molecule has 3 aliphatic heterocycles. The van der Waals surface area contributed by atoms with Crippen LogP contribution >= 0.6 is 11.8 Å². The lowest BCUT2D eigenvalue weighted by atomic mass is 10.0. The molecule has 2 saturated heterocycles. The summed E-state index contributed by atoms with van der Waals surface area (Å²) in [5, 5.41) is 22.3. The lowest BCUT2D eigenvalue weighted by molar-refractivity contribution is -0.141. The Balaban J connectivity index is 1.08. The van der Waals surface area contributed by atoms with Gasteiger partial charge in [0.25, 0.3) is 0 Å². The van der Waals surface area contributed by atoms with E-state index >= 15 is 8.78 Å². The van der Waals surface area contributed by atoms with Crippen molar-refractivity contribution in [2.75, 3.05) is 18.0 Å². The van der Waals surface area contributed by atoms with E-state index in [2.05, 4.69) is 5.32 Å². The Kier molecular flexibility index (Phi) is 8.53. The van der Waals surface area contributed by atoms with Crippen LogP contribution in [0.25, 0.3) is 0 Å². The van der Waals surface area contributed by atoms with Gasteiger partial charge in [-0.2, -0.15) is 5.26 Å². The van der Waals surface area contributed by atoms with Gasteiger partial charge in [0.05, 0.1) is 28.9 Å². The molecule has 0 radical (unpaired) electrons. The van der Waals surface area contributed by atoms with Crippen LogP contribution < -0.4 is 15.0 Å². The number of piperidine rings is 2. The first kappa shape index (κ1) is 30.0. The standard InChI is InChI=1S/C32H29F3N4O4S/c33-24-13-20(44-19-8-10-38(11-9-19)27-5-4-18(15-36)12-26(27)35)14-25(34)23(24)17-43-29-3-1-2-21-22(29)16-39(32(21)42)28-6-7-30(40)37-31(28)41/h1-5,12-14,19,28,32,42H,6-11,16-17H2,(H,37,40,41). The van der Waals surface area contributed by atoms with Crippen LogP contribution in [0.3, 0.4) is 0 Å². The van der Waals surface area contributed by atoms with Crippen LogP contribution in [0.5, 0.6) is 5.75 Å². The molecule has 2 unspecified atom stereocenters. The average Bonchev–Trinajstić information content (AvgIpc) is 3.33. The lowest BCUT2D eigenvalue weighted by Crippen LogP contribution is -2.51. The second-order valence-electron chi connectivity index (χ2n) is 11.1. The largest absolute Gasteiger partial charge is 0.488 e. The molecule has 0 saturated carbocycles. The maximum absolute atomic E-state index is 15.1. The van der Waals surface area contributed by atoms with Gasteiger partial charge >= 0.3 is 0 Å². The summed E-state index contributed by atoms with van der Waals surface area (Å²) >= 11 is 1.38. The summed E-state index contributed by atoms with van der Waals surface area (Å²) < 4.78 is 50.6. The van der Waals surface area contributed by atoms with E-state index in [4.69, 9.17) is 10.00 Å². The summed E-state index contributed by atoms with van der Waals surface area (Å²) in [6.45, 7) is 0.959. The van der Waals surface area contributed by atoms with Crippen LogP contribution in [-0.2, 0) is 22.7 Å². The predicted octanol–water partition coefficient (Wildman–Crippen LogP) is 4.93. The first-order chi connectivity index (χ1) is 21.2. The van der Waals surface area contributed by atoms with Crippen molar-refractivity contribution in [1.82, 2.24) is 10.2 Å². The number of rotatable bonds is 7. The maximum atomic E-state index is 15.1. The monoisotopic (exact) mass is 622 g/mol. The Bertz CT molecular complexity index is 1630. The number of nitrogens with zero attached hydrogens (tertiary/aromatic N) is 3. The van der Waals surface area contributed by atoms with E-state index in [1.54, 1.807) is 35.2 Å². The molecule has 6 rings (SSSR count). The van der Waals surface area contributed by atoms with Crippen LogP contribution in [0.1, 0.15) is 54.2 Å². The molecule has 2 amide bonds. The Morgan fingerprint density at radius 2 is 1.77 bits per heavy atom. The van der Waals surface area contributed by atoms with Crippen molar-refractivity contribution >= 4 is 29.3 Å². The van der Waals surface area contributed by atoms with Crippen LogP contribution in [0.4, 0.5) is 18.9 Å². The molecule has 8 nitrogen and oxygen atoms in total. The van der Waals surface area contributed by atoms with Crippen molar-refractivity contribution in [3.05, 3.63) is 88.2 Å². The number of nitriles is 1. The number of amides is 2. The molecule has 0 aliphatic carbocycles. The Morgan fingerprint density at radius 1 is 1.02 bits per heavy atom. The summed E-state index contributed by atoms with van der Waals surface area (Å²) in [4.78, 5) is 27.9. The highest BCUT2D eigenvalue weighted by atomic mass is 32.2. The van der Waals surface area contributed by atoms with Crippen molar-refractivity contribution < 1.29 is 32.6 Å². The minimum atomic E-state index is -1.09. The van der Waals surface area contributed by atoms with E-state index < -0.39 is 35.6 Å². The Labute approximate surface area is 256 Å². The fourth-order valence-electron chi connectivity index (χ4n) is 6.03. The van der Waals surface area contributed by atoms with E-state index in [0.717, 1.165) is 0 Å². The number of carbonyl (C=O) groups is 2. The molecular formula is C32H29F3N4O4S. The van der Waals surface area contributed by atoms with E-state index in [-0.39, 0.29) is 48.3 Å². The van der Waals surface area contributed by atoms with Gasteiger partial charge in [-0.05, 0) is 55.7 Å². The zero-order chi connectivity index (χ0) is 31.0. The van der Waals surface area contributed by atoms with Crippen molar-refractivity contribution in [2.45, 2.75) is 61.3 Å². The van der Waals surface area contributed by atoms with Gasteiger partial charge in [0.1, 0.15) is 36.0 Å². The minimum absolute atomic E-state index is 0.0965. The van der Waals surface area contributed by atoms with Crippen molar-refractivity contribution in [2.24, 2.45) is 0 Å². The number of anilines is 1. The number of nitrogens with one attached hydrogen (secondary N) is 1. The lowest BCUT2D eigenvalue weighted by Gasteiger charge is -2.33.